The minimum atomic E-state index is -3.43. The Labute approximate surface area is 183 Å². The maximum absolute atomic E-state index is 11.8. The summed E-state index contributed by atoms with van der Waals surface area (Å²) in [5.41, 5.74) is 3.19. The van der Waals surface area contributed by atoms with Crippen molar-refractivity contribution in [3.63, 3.8) is 0 Å². The number of carbonyl (C=O) groups excluding carboxylic acids is 1. The van der Waals surface area contributed by atoms with Crippen molar-refractivity contribution in [3.8, 4) is 11.3 Å². The zero-order valence-corrected chi connectivity index (χ0v) is 18.4. The lowest BCUT2D eigenvalue weighted by Gasteiger charge is -2.26. The van der Waals surface area contributed by atoms with E-state index < -0.39 is 10.0 Å². The van der Waals surface area contributed by atoms with Crippen LogP contribution in [0.2, 0.25) is 10.0 Å². The molecule has 8 nitrogen and oxygen atoms in total. The number of hydrogen-bond donors (Lipinski definition) is 2. The maximum Gasteiger partial charge on any atom is 0.234 e. The van der Waals surface area contributed by atoms with Gasteiger partial charge in [0.15, 0.2) is 0 Å². The van der Waals surface area contributed by atoms with Crippen molar-refractivity contribution in [3.05, 3.63) is 52.3 Å². The number of hydrogen-bond acceptors (Lipinski definition) is 5. The summed E-state index contributed by atoms with van der Waals surface area (Å²) in [6.07, 6.45) is 2.77. The van der Waals surface area contributed by atoms with E-state index in [0.29, 0.717) is 52.3 Å². The minimum absolute atomic E-state index is 0.0411. The van der Waals surface area contributed by atoms with Crippen LogP contribution >= 0.6 is 23.2 Å². The second-order valence-corrected chi connectivity index (χ2v) is 9.70. The minimum Gasteiger partial charge on any atom is -0.354 e. The van der Waals surface area contributed by atoms with Gasteiger partial charge in [0, 0.05) is 36.4 Å². The van der Waals surface area contributed by atoms with Gasteiger partial charge in [-0.15, -0.1) is 0 Å². The number of piperazine rings is 1. The fourth-order valence-electron chi connectivity index (χ4n) is 3.45. The Hall–Kier alpha value is -2.33. The average Bonchev–Trinajstić information content (AvgIpc) is 2.98. The van der Waals surface area contributed by atoms with E-state index >= 15 is 0 Å². The summed E-state index contributed by atoms with van der Waals surface area (Å²) >= 11 is 12.5. The molecule has 0 aliphatic carbocycles. The van der Waals surface area contributed by atoms with Gasteiger partial charge in [0.05, 0.1) is 34.9 Å². The van der Waals surface area contributed by atoms with Gasteiger partial charge in [-0.1, -0.05) is 23.2 Å². The largest absolute Gasteiger partial charge is 0.354 e. The smallest absolute Gasteiger partial charge is 0.234 e. The Morgan fingerprint density at radius 2 is 2.03 bits per heavy atom. The molecule has 0 radical (unpaired) electrons. The van der Waals surface area contributed by atoms with Gasteiger partial charge in [-0.05, 0) is 30.3 Å². The van der Waals surface area contributed by atoms with Crippen molar-refractivity contribution in [1.82, 2.24) is 19.6 Å². The SMILES string of the molecule is CS(=O)(=O)Nc1ccc2nc(-c3ccc(Cl)cc3Cl)c(CN3CCNC(=O)C3)n2c1. The summed E-state index contributed by atoms with van der Waals surface area (Å²) in [5, 5.41) is 3.78. The highest BCUT2D eigenvalue weighted by atomic mass is 35.5. The van der Waals surface area contributed by atoms with Gasteiger partial charge < -0.3 is 5.32 Å². The van der Waals surface area contributed by atoms with Crippen LogP contribution in [-0.2, 0) is 21.4 Å². The molecule has 1 aliphatic rings. The van der Waals surface area contributed by atoms with Crippen molar-refractivity contribution in [2.75, 3.05) is 30.6 Å². The van der Waals surface area contributed by atoms with Crippen LogP contribution in [0.15, 0.2) is 36.5 Å². The molecule has 0 saturated carbocycles. The van der Waals surface area contributed by atoms with E-state index in [9.17, 15) is 13.2 Å². The van der Waals surface area contributed by atoms with E-state index in [1.54, 1.807) is 36.5 Å². The van der Waals surface area contributed by atoms with Gasteiger partial charge in [-0.2, -0.15) is 0 Å². The number of rotatable bonds is 5. The Balaban J connectivity index is 1.85. The normalized spacial score (nSPS) is 15.4. The van der Waals surface area contributed by atoms with Crippen LogP contribution in [0.5, 0.6) is 0 Å². The Morgan fingerprint density at radius 1 is 1.23 bits per heavy atom. The zero-order valence-electron chi connectivity index (χ0n) is 16.0. The number of benzene rings is 1. The van der Waals surface area contributed by atoms with Crippen LogP contribution in [0.1, 0.15) is 5.69 Å². The number of nitrogens with one attached hydrogen (secondary N) is 2. The highest BCUT2D eigenvalue weighted by Gasteiger charge is 2.22. The average molecular weight is 468 g/mol. The molecule has 0 unspecified atom stereocenters. The number of carbonyl (C=O) groups is 1. The van der Waals surface area contributed by atoms with E-state index in [0.717, 1.165) is 11.9 Å². The van der Waals surface area contributed by atoms with Gasteiger partial charge in [0.2, 0.25) is 15.9 Å². The predicted molar refractivity (Wildman–Crippen MR) is 117 cm³/mol. The molecule has 3 aromatic rings. The number of aromatic nitrogens is 2. The van der Waals surface area contributed by atoms with E-state index in [1.807, 2.05) is 9.30 Å². The quantitative estimate of drug-likeness (QED) is 0.601. The van der Waals surface area contributed by atoms with Gasteiger partial charge in [-0.25, -0.2) is 13.4 Å². The summed E-state index contributed by atoms with van der Waals surface area (Å²) in [5.74, 6) is -0.0411. The molecule has 1 aliphatic heterocycles. The topological polar surface area (TPSA) is 95.8 Å². The Morgan fingerprint density at radius 3 is 2.73 bits per heavy atom. The number of imidazole rings is 1. The van der Waals surface area contributed by atoms with Crippen molar-refractivity contribution in [2.45, 2.75) is 6.54 Å². The Kier molecular flexibility index (Phi) is 5.63. The van der Waals surface area contributed by atoms with Crippen LogP contribution in [0.4, 0.5) is 5.69 Å². The fourth-order valence-corrected chi connectivity index (χ4v) is 4.50. The van der Waals surface area contributed by atoms with Crippen LogP contribution < -0.4 is 10.0 Å². The molecule has 0 atom stereocenters. The molecular weight excluding hydrogens is 449 g/mol. The first-order valence-corrected chi connectivity index (χ1v) is 11.8. The predicted octanol–water partition coefficient (Wildman–Crippen LogP) is 2.61. The van der Waals surface area contributed by atoms with Crippen molar-refractivity contribution >= 4 is 50.5 Å². The van der Waals surface area contributed by atoms with Crippen molar-refractivity contribution < 1.29 is 13.2 Å². The lowest BCUT2D eigenvalue weighted by atomic mass is 10.1. The number of fused-ring (bicyclic) bond motifs is 1. The number of nitrogens with zero attached hydrogens (tertiary/aromatic N) is 3. The molecule has 158 valence electrons. The Bertz CT molecular complexity index is 1240. The van der Waals surface area contributed by atoms with Crippen LogP contribution in [0, 0.1) is 0 Å². The first kappa shape index (κ1) is 20.9. The monoisotopic (exact) mass is 467 g/mol. The fraction of sp³-hybridized carbons (Fsp3) is 0.263. The van der Waals surface area contributed by atoms with Crippen LogP contribution in [0.3, 0.4) is 0 Å². The van der Waals surface area contributed by atoms with E-state index in [-0.39, 0.29) is 12.5 Å². The number of halogens is 2. The summed E-state index contributed by atoms with van der Waals surface area (Å²) in [6, 6.07) is 8.56. The lowest BCUT2D eigenvalue weighted by molar-refractivity contribution is -0.124. The molecule has 1 amide bonds. The first-order valence-electron chi connectivity index (χ1n) is 9.13. The molecular formula is C19H19Cl2N5O3S. The zero-order chi connectivity index (χ0) is 21.5. The number of sulfonamides is 1. The number of pyridine rings is 1. The highest BCUT2D eigenvalue weighted by molar-refractivity contribution is 7.92. The molecule has 1 saturated heterocycles. The van der Waals surface area contributed by atoms with Crippen LogP contribution in [0.25, 0.3) is 16.9 Å². The molecule has 0 spiro atoms. The first-order chi connectivity index (χ1) is 14.2. The summed E-state index contributed by atoms with van der Waals surface area (Å²) in [7, 11) is -3.43. The van der Waals surface area contributed by atoms with Crippen molar-refractivity contribution in [1.29, 1.82) is 0 Å². The molecule has 3 heterocycles. The molecule has 4 rings (SSSR count). The third-order valence-corrected chi connectivity index (χ3v) is 5.85. The second kappa shape index (κ2) is 8.07. The molecule has 1 aromatic carbocycles. The van der Waals surface area contributed by atoms with E-state index in [1.165, 1.54) is 0 Å². The van der Waals surface area contributed by atoms with Crippen LogP contribution in [-0.4, -0.2) is 54.5 Å². The van der Waals surface area contributed by atoms with Gasteiger partial charge in [-0.3, -0.25) is 18.8 Å². The second-order valence-electron chi connectivity index (χ2n) is 7.11. The summed E-state index contributed by atoms with van der Waals surface area (Å²) < 4.78 is 27.6. The van der Waals surface area contributed by atoms with E-state index in [2.05, 4.69) is 10.0 Å². The molecule has 11 heteroatoms. The van der Waals surface area contributed by atoms with Gasteiger partial charge >= 0.3 is 0 Å². The summed E-state index contributed by atoms with van der Waals surface area (Å²) in [4.78, 5) is 18.6. The maximum atomic E-state index is 11.8. The standard InChI is InChI=1S/C19H19Cl2N5O3S/c1-30(28,29)24-13-3-5-17-23-19(14-4-2-12(20)8-15(14)21)16(26(17)9-13)10-25-7-6-22-18(27)11-25/h2-5,8-9,24H,6-7,10-11H2,1H3,(H,22,27). The lowest BCUT2D eigenvalue weighted by Crippen LogP contribution is -2.47. The van der Waals surface area contributed by atoms with E-state index in [4.69, 9.17) is 28.2 Å². The third-order valence-electron chi connectivity index (χ3n) is 4.70. The molecule has 1 fully saturated rings. The number of amides is 1. The number of anilines is 1. The van der Waals surface area contributed by atoms with Gasteiger partial charge in [0.1, 0.15) is 5.65 Å². The molecule has 30 heavy (non-hydrogen) atoms. The molecule has 2 aromatic heterocycles. The molecule has 2 N–H and O–H groups in total. The van der Waals surface area contributed by atoms with Gasteiger partial charge in [0.25, 0.3) is 0 Å². The van der Waals surface area contributed by atoms with Crippen molar-refractivity contribution in [2.24, 2.45) is 0 Å². The third kappa shape index (κ3) is 4.54. The highest BCUT2D eigenvalue weighted by Crippen LogP contribution is 2.33. The summed E-state index contributed by atoms with van der Waals surface area (Å²) in [6.45, 7) is 1.95. The molecule has 0 bridgehead atoms.